The van der Waals surface area contributed by atoms with Gasteiger partial charge in [0.25, 0.3) is 0 Å². The van der Waals surface area contributed by atoms with E-state index in [0.717, 1.165) is 5.69 Å². The summed E-state index contributed by atoms with van der Waals surface area (Å²) in [4.78, 5) is 14.0. The molecule has 3 aromatic carbocycles. The Kier molecular flexibility index (Phi) is 5.63. The second kappa shape index (κ2) is 8.09. The van der Waals surface area contributed by atoms with Crippen molar-refractivity contribution in [2.45, 2.75) is 13.8 Å². The highest BCUT2D eigenvalue weighted by Gasteiger charge is 2.22. The van der Waals surface area contributed by atoms with Crippen molar-refractivity contribution in [2.75, 3.05) is 11.4 Å². The first-order valence-electron chi connectivity index (χ1n) is 8.49. The molecule has 0 aliphatic rings. The number of amides is 1. The molecule has 2 nitrogen and oxygen atoms in total. The van der Waals surface area contributed by atoms with Crippen LogP contribution in [0.25, 0.3) is 0 Å². The molecule has 3 heteroatoms. The van der Waals surface area contributed by atoms with Crippen molar-refractivity contribution < 1.29 is 4.79 Å². The summed E-state index contributed by atoms with van der Waals surface area (Å²) in [5.41, 5.74) is 1.01. The number of carbonyl (C=O) groups excluding carboxylic acids is 1. The van der Waals surface area contributed by atoms with Gasteiger partial charge in [0.05, 0.1) is 5.69 Å². The summed E-state index contributed by atoms with van der Waals surface area (Å²) in [5.74, 6) is 0.0750. The highest BCUT2D eigenvalue weighted by molar-refractivity contribution is 7.80. The Hall–Kier alpha value is -2.44. The fourth-order valence-corrected chi connectivity index (χ4v) is 5.48. The van der Waals surface area contributed by atoms with Crippen LogP contribution in [0, 0.1) is 0 Å². The van der Waals surface area contributed by atoms with Gasteiger partial charge in [0.1, 0.15) is 0 Å². The van der Waals surface area contributed by atoms with Crippen LogP contribution in [0.2, 0.25) is 0 Å². The molecule has 0 N–H and O–H groups in total. The van der Waals surface area contributed by atoms with E-state index in [4.69, 9.17) is 0 Å². The SMILES string of the molecule is CCN(C(C)=O)c1ccccc1P(c1ccccc1)c1ccccc1. The minimum atomic E-state index is -0.724. The average molecular weight is 347 g/mol. The first kappa shape index (κ1) is 17.4. The molecular weight excluding hydrogens is 325 g/mol. The lowest BCUT2D eigenvalue weighted by Gasteiger charge is -2.27. The summed E-state index contributed by atoms with van der Waals surface area (Å²) in [6, 6.07) is 29.4. The lowest BCUT2D eigenvalue weighted by molar-refractivity contribution is -0.116. The Bertz CT molecular complexity index is 793. The van der Waals surface area contributed by atoms with Gasteiger partial charge in [0.2, 0.25) is 5.91 Å². The third-order valence-electron chi connectivity index (χ3n) is 4.14. The second-order valence-corrected chi connectivity index (χ2v) is 7.94. The third kappa shape index (κ3) is 3.81. The highest BCUT2D eigenvalue weighted by atomic mass is 31.1. The normalized spacial score (nSPS) is 10.7. The van der Waals surface area contributed by atoms with Crippen LogP contribution in [-0.2, 0) is 4.79 Å². The lowest BCUT2D eigenvalue weighted by atomic mass is 10.3. The zero-order valence-electron chi connectivity index (χ0n) is 14.6. The molecular formula is C22H22NOP. The fraction of sp³-hybridized carbons (Fsp3) is 0.136. The maximum absolute atomic E-state index is 12.2. The number of benzene rings is 3. The average Bonchev–Trinajstić information content (AvgIpc) is 2.65. The summed E-state index contributed by atoms with van der Waals surface area (Å²) in [7, 11) is -0.724. The topological polar surface area (TPSA) is 20.3 Å². The van der Waals surface area contributed by atoms with Crippen LogP contribution in [0.15, 0.2) is 84.9 Å². The van der Waals surface area contributed by atoms with E-state index >= 15 is 0 Å². The minimum Gasteiger partial charge on any atom is -0.312 e. The van der Waals surface area contributed by atoms with E-state index in [-0.39, 0.29) is 5.91 Å². The van der Waals surface area contributed by atoms with E-state index in [9.17, 15) is 4.79 Å². The Morgan fingerprint density at radius 1 is 0.800 bits per heavy atom. The fourth-order valence-electron chi connectivity index (χ4n) is 3.03. The molecule has 0 bridgehead atoms. The van der Waals surface area contributed by atoms with Gasteiger partial charge in [0.15, 0.2) is 0 Å². The number of carbonyl (C=O) groups is 1. The van der Waals surface area contributed by atoms with E-state index in [2.05, 4.69) is 66.7 Å². The molecule has 0 atom stereocenters. The first-order valence-corrected chi connectivity index (χ1v) is 9.84. The van der Waals surface area contributed by atoms with Gasteiger partial charge in [-0.1, -0.05) is 78.9 Å². The maximum atomic E-state index is 12.2. The molecule has 0 radical (unpaired) electrons. The third-order valence-corrected chi connectivity index (χ3v) is 6.63. The number of rotatable bonds is 5. The van der Waals surface area contributed by atoms with Gasteiger partial charge in [-0.25, -0.2) is 0 Å². The van der Waals surface area contributed by atoms with Gasteiger partial charge in [0, 0.05) is 18.8 Å². The van der Waals surface area contributed by atoms with E-state index in [1.165, 1.54) is 15.9 Å². The molecule has 126 valence electrons. The minimum absolute atomic E-state index is 0.0750. The van der Waals surface area contributed by atoms with Crippen molar-refractivity contribution in [1.29, 1.82) is 0 Å². The molecule has 1 amide bonds. The van der Waals surface area contributed by atoms with Gasteiger partial charge in [-0.15, -0.1) is 0 Å². The molecule has 0 aromatic heterocycles. The van der Waals surface area contributed by atoms with Gasteiger partial charge < -0.3 is 4.90 Å². The van der Waals surface area contributed by atoms with Crippen LogP contribution in [0.1, 0.15) is 13.8 Å². The number of nitrogens with zero attached hydrogens (tertiary/aromatic N) is 1. The molecule has 0 aliphatic carbocycles. The summed E-state index contributed by atoms with van der Waals surface area (Å²) >= 11 is 0. The van der Waals surface area contributed by atoms with Crippen molar-refractivity contribution in [3.63, 3.8) is 0 Å². The molecule has 0 fully saturated rings. The lowest BCUT2D eigenvalue weighted by Crippen LogP contribution is -2.33. The zero-order chi connectivity index (χ0) is 17.6. The Balaban J connectivity index is 2.20. The predicted octanol–water partition coefficient (Wildman–Crippen LogP) is 3.82. The number of anilines is 1. The van der Waals surface area contributed by atoms with Crippen molar-refractivity contribution in [1.82, 2.24) is 0 Å². The van der Waals surface area contributed by atoms with Crippen LogP contribution in [0.3, 0.4) is 0 Å². The molecule has 3 rings (SSSR count). The van der Waals surface area contributed by atoms with Crippen LogP contribution in [0.4, 0.5) is 5.69 Å². The smallest absolute Gasteiger partial charge is 0.223 e. The molecule has 25 heavy (non-hydrogen) atoms. The highest BCUT2D eigenvalue weighted by Crippen LogP contribution is 2.36. The number of hydrogen-bond acceptors (Lipinski definition) is 1. The van der Waals surface area contributed by atoms with Gasteiger partial charge in [-0.05, 0) is 31.5 Å². The first-order chi connectivity index (χ1) is 12.2. The van der Waals surface area contributed by atoms with Crippen LogP contribution in [-0.4, -0.2) is 12.5 Å². The monoisotopic (exact) mass is 347 g/mol. The van der Waals surface area contributed by atoms with E-state index in [0.29, 0.717) is 6.54 Å². The molecule has 0 saturated heterocycles. The summed E-state index contributed by atoms with van der Waals surface area (Å²) < 4.78 is 0. The summed E-state index contributed by atoms with van der Waals surface area (Å²) in [5, 5.41) is 3.79. The molecule has 0 aliphatic heterocycles. The molecule has 0 unspecified atom stereocenters. The van der Waals surface area contributed by atoms with E-state index in [1.54, 1.807) is 6.92 Å². The summed E-state index contributed by atoms with van der Waals surface area (Å²) in [6.07, 6.45) is 0. The van der Waals surface area contributed by atoms with Crippen molar-refractivity contribution in [2.24, 2.45) is 0 Å². The molecule has 0 spiro atoms. The standard InChI is InChI=1S/C22H22NOP/c1-3-23(18(2)24)21-16-10-11-17-22(21)25(19-12-6-4-7-13-19)20-14-8-5-9-15-20/h4-17H,3H2,1-2H3. The maximum Gasteiger partial charge on any atom is 0.223 e. The molecule has 0 heterocycles. The van der Waals surface area contributed by atoms with Gasteiger partial charge in [-0.2, -0.15) is 0 Å². The van der Waals surface area contributed by atoms with Crippen molar-refractivity contribution >= 4 is 35.4 Å². The molecule has 3 aromatic rings. The molecule has 0 saturated carbocycles. The Labute approximate surface area is 150 Å². The number of para-hydroxylation sites is 1. The van der Waals surface area contributed by atoms with Crippen molar-refractivity contribution in [3.8, 4) is 0 Å². The zero-order valence-corrected chi connectivity index (χ0v) is 15.5. The van der Waals surface area contributed by atoms with Crippen LogP contribution in [0.5, 0.6) is 0 Å². The van der Waals surface area contributed by atoms with Crippen LogP contribution < -0.4 is 20.8 Å². The van der Waals surface area contributed by atoms with E-state index in [1.807, 2.05) is 30.0 Å². The predicted molar refractivity (Wildman–Crippen MR) is 109 cm³/mol. The van der Waals surface area contributed by atoms with Gasteiger partial charge >= 0.3 is 0 Å². The second-order valence-electron chi connectivity index (χ2n) is 5.76. The van der Waals surface area contributed by atoms with Crippen LogP contribution >= 0.6 is 7.92 Å². The Morgan fingerprint density at radius 3 is 1.76 bits per heavy atom. The quantitative estimate of drug-likeness (QED) is 0.643. The largest absolute Gasteiger partial charge is 0.312 e. The summed E-state index contributed by atoms with van der Waals surface area (Å²) in [6.45, 7) is 4.32. The van der Waals surface area contributed by atoms with Crippen molar-refractivity contribution in [3.05, 3.63) is 84.9 Å². The Morgan fingerprint density at radius 2 is 1.28 bits per heavy atom. The number of hydrogen-bond donors (Lipinski definition) is 0. The van der Waals surface area contributed by atoms with E-state index < -0.39 is 7.92 Å². The van der Waals surface area contributed by atoms with Gasteiger partial charge in [-0.3, -0.25) is 4.79 Å².